The third kappa shape index (κ3) is 3.40. The number of nitrogens with two attached hydrogens (primary N) is 1. The fraction of sp³-hybridized carbons (Fsp3) is 0.421. The summed E-state index contributed by atoms with van der Waals surface area (Å²) in [5.41, 5.74) is 10.3. The Morgan fingerprint density at radius 2 is 2.03 bits per heavy atom. The smallest absolute Gasteiger partial charge is 0.289 e. The number of rotatable bonds is 5. The number of hydrogen-bond acceptors (Lipinski definition) is 8. The number of nitrogens with zero attached hydrogens (tertiary/aromatic N) is 4. The fourth-order valence-electron chi connectivity index (χ4n) is 3.48. The Hall–Kier alpha value is -2.79. The summed E-state index contributed by atoms with van der Waals surface area (Å²) < 4.78 is 8.36. The van der Waals surface area contributed by atoms with Crippen molar-refractivity contribution in [2.75, 3.05) is 12.3 Å². The lowest BCUT2D eigenvalue weighted by atomic mass is 10.1. The highest BCUT2D eigenvalue weighted by atomic mass is 16.7. The molecule has 4 atom stereocenters. The van der Waals surface area contributed by atoms with Crippen LogP contribution in [0.1, 0.15) is 22.9 Å². The van der Waals surface area contributed by atoms with Gasteiger partial charge in [0.25, 0.3) is 12.1 Å². The van der Waals surface area contributed by atoms with Crippen molar-refractivity contribution >= 4 is 17.0 Å². The van der Waals surface area contributed by atoms with Gasteiger partial charge in [-0.2, -0.15) is 0 Å². The number of benzene rings is 1. The molecule has 1 aliphatic heterocycles. The van der Waals surface area contributed by atoms with Gasteiger partial charge < -0.3 is 30.6 Å². The number of imidazole rings is 1. The van der Waals surface area contributed by atoms with Crippen LogP contribution in [-0.2, 0) is 11.3 Å². The van der Waals surface area contributed by atoms with E-state index >= 15 is 0 Å². The average Bonchev–Trinajstić information content (AvgIpc) is 3.24. The van der Waals surface area contributed by atoms with Gasteiger partial charge in [0.1, 0.15) is 24.6 Å². The van der Waals surface area contributed by atoms with Gasteiger partial charge in [0.2, 0.25) is 11.2 Å². The van der Waals surface area contributed by atoms with Gasteiger partial charge in [0.15, 0.2) is 12.8 Å². The van der Waals surface area contributed by atoms with Crippen LogP contribution in [0.15, 0.2) is 30.9 Å². The molecule has 0 saturated carbocycles. The van der Waals surface area contributed by atoms with Crippen LogP contribution in [0.4, 0.5) is 5.82 Å². The maximum Gasteiger partial charge on any atom is 0.289 e. The molecule has 0 radical (unpaired) electrons. The minimum atomic E-state index is -1.24. The molecule has 0 amide bonds. The van der Waals surface area contributed by atoms with Crippen molar-refractivity contribution in [1.29, 1.82) is 0 Å². The summed E-state index contributed by atoms with van der Waals surface area (Å²) >= 11 is 0. The highest BCUT2D eigenvalue weighted by Gasteiger charge is 2.44. The second kappa shape index (κ2) is 7.56. The van der Waals surface area contributed by atoms with E-state index in [0.717, 1.165) is 11.1 Å². The van der Waals surface area contributed by atoms with Crippen molar-refractivity contribution in [1.82, 2.24) is 14.5 Å². The lowest BCUT2D eigenvalue weighted by molar-refractivity contribution is -0.885. The van der Waals surface area contributed by atoms with Crippen LogP contribution in [0.3, 0.4) is 0 Å². The molecule has 0 bridgehead atoms. The monoisotopic (exact) mass is 402 g/mol. The molecule has 3 heterocycles. The average molecular weight is 402 g/mol. The molecular weight excluding hydrogens is 378 g/mol. The van der Waals surface area contributed by atoms with Gasteiger partial charge in [0.05, 0.1) is 6.61 Å². The molecule has 29 heavy (non-hydrogen) atoms. The van der Waals surface area contributed by atoms with Gasteiger partial charge in [-0.1, -0.05) is 33.5 Å². The van der Waals surface area contributed by atoms with Crippen molar-refractivity contribution in [3.05, 3.63) is 47.5 Å². The van der Waals surface area contributed by atoms with Gasteiger partial charge in [-0.25, -0.2) is 4.98 Å². The first-order chi connectivity index (χ1) is 13.9. The van der Waals surface area contributed by atoms with Crippen LogP contribution in [0.2, 0.25) is 0 Å². The van der Waals surface area contributed by atoms with Gasteiger partial charge >= 0.3 is 0 Å². The van der Waals surface area contributed by atoms with E-state index in [1.807, 2.05) is 26.0 Å². The van der Waals surface area contributed by atoms with Gasteiger partial charge in [-0.05, 0) is 25.0 Å². The number of aliphatic hydroxyl groups is 3. The molecule has 154 valence electrons. The molecule has 1 saturated heterocycles. The van der Waals surface area contributed by atoms with Crippen LogP contribution < -0.4 is 15.3 Å². The zero-order chi connectivity index (χ0) is 20.7. The Morgan fingerprint density at radius 1 is 1.24 bits per heavy atom. The number of hydrogen-bond donors (Lipinski definition) is 4. The van der Waals surface area contributed by atoms with E-state index in [1.165, 1.54) is 27.5 Å². The largest absolute Gasteiger partial charge is 0.394 e. The molecule has 4 rings (SSSR count). The van der Waals surface area contributed by atoms with Crippen LogP contribution in [0, 0.1) is 13.8 Å². The number of aliphatic hydroxyl groups excluding tert-OH is 3. The SMILES string of the molecule is Cc1ccc(CO[n+]2cnc3c(ncn3[C@@H]3O[C@H](CO)[C@@H](O)[C@H]3O)c2N)c(C)c1. The van der Waals surface area contributed by atoms with Crippen molar-refractivity contribution in [2.24, 2.45) is 0 Å². The van der Waals surface area contributed by atoms with Crippen molar-refractivity contribution in [3.8, 4) is 0 Å². The molecule has 1 aromatic carbocycles. The zero-order valence-electron chi connectivity index (χ0n) is 16.1. The van der Waals surface area contributed by atoms with E-state index in [4.69, 9.17) is 15.3 Å². The van der Waals surface area contributed by atoms with Crippen LogP contribution in [-0.4, -0.2) is 54.8 Å². The molecule has 0 spiro atoms. The molecule has 3 aromatic rings. The molecule has 10 nitrogen and oxygen atoms in total. The minimum absolute atomic E-state index is 0.241. The number of anilines is 1. The molecule has 0 aliphatic carbocycles. The number of aromatic nitrogens is 4. The lowest BCUT2D eigenvalue weighted by Crippen LogP contribution is -2.45. The number of ether oxygens (including phenoxy) is 1. The minimum Gasteiger partial charge on any atom is -0.394 e. The predicted octanol–water partition coefficient (Wildman–Crippen LogP) is -0.842. The van der Waals surface area contributed by atoms with Gasteiger partial charge in [-0.15, -0.1) is 0 Å². The van der Waals surface area contributed by atoms with Crippen molar-refractivity contribution in [3.63, 3.8) is 0 Å². The second-order valence-corrected chi connectivity index (χ2v) is 7.21. The lowest BCUT2D eigenvalue weighted by Gasteiger charge is -2.15. The Kier molecular flexibility index (Phi) is 5.09. The summed E-state index contributed by atoms with van der Waals surface area (Å²) in [5.74, 6) is 0.241. The zero-order valence-corrected chi connectivity index (χ0v) is 16.1. The fourth-order valence-corrected chi connectivity index (χ4v) is 3.48. The summed E-state index contributed by atoms with van der Waals surface area (Å²) in [4.78, 5) is 14.4. The molecule has 1 aliphatic rings. The Balaban J connectivity index is 1.59. The number of nitrogen functional groups attached to an aromatic ring is 1. The quantitative estimate of drug-likeness (QED) is 0.405. The molecule has 2 aromatic heterocycles. The van der Waals surface area contributed by atoms with E-state index in [-0.39, 0.29) is 5.82 Å². The van der Waals surface area contributed by atoms with E-state index in [1.54, 1.807) is 0 Å². The normalized spacial score (nSPS) is 24.3. The van der Waals surface area contributed by atoms with Crippen LogP contribution in [0.25, 0.3) is 11.2 Å². The standard InChI is InChI=1S/C19H23N5O5/c1-10-3-4-12(11(2)5-10)7-28-24-9-22-18-14(17(24)20)21-8-23(18)19-16(27)15(26)13(6-25)29-19/h3-5,8-9,13,15-16,19-20,25-27H,6-7H2,1-2H3/p+1/t13-,15-,16-,19-/m1/s1. The van der Waals surface area contributed by atoms with Gasteiger partial charge in [0, 0.05) is 0 Å². The molecule has 0 unspecified atom stereocenters. The van der Waals surface area contributed by atoms with E-state index in [2.05, 4.69) is 16.0 Å². The molecule has 5 N–H and O–H groups in total. The Bertz CT molecular complexity index is 1040. The maximum absolute atomic E-state index is 10.2. The van der Waals surface area contributed by atoms with Crippen LogP contribution >= 0.6 is 0 Å². The first kappa shape index (κ1) is 19.5. The summed E-state index contributed by atoms with van der Waals surface area (Å²) in [6, 6.07) is 6.10. The first-order valence-corrected chi connectivity index (χ1v) is 9.25. The summed E-state index contributed by atoms with van der Waals surface area (Å²) in [5, 5.41) is 29.5. The summed E-state index contributed by atoms with van der Waals surface area (Å²) in [6.07, 6.45) is -1.44. The van der Waals surface area contributed by atoms with E-state index in [9.17, 15) is 15.3 Å². The van der Waals surface area contributed by atoms with Gasteiger partial charge in [-0.3, -0.25) is 4.57 Å². The predicted molar refractivity (Wildman–Crippen MR) is 101 cm³/mol. The maximum atomic E-state index is 10.2. The van der Waals surface area contributed by atoms with Crippen molar-refractivity contribution in [2.45, 2.75) is 45.0 Å². The summed E-state index contributed by atoms with van der Waals surface area (Å²) in [6.45, 7) is 3.95. The first-order valence-electron chi connectivity index (χ1n) is 9.25. The van der Waals surface area contributed by atoms with Crippen molar-refractivity contribution < 1.29 is 29.6 Å². The molecular formula is C19H24N5O5+. The Morgan fingerprint density at radius 3 is 2.72 bits per heavy atom. The number of fused-ring (bicyclic) bond motifs is 1. The second-order valence-electron chi connectivity index (χ2n) is 7.21. The highest BCUT2D eigenvalue weighted by Crippen LogP contribution is 2.31. The third-order valence-corrected chi connectivity index (χ3v) is 5.18. The third-order valence-electron chi connectivity index (χ3n) is 5.18. The Labute approximate surface area is 166 Å². The molecule has 1 fully saturated rings. The molecule has 10 heteroatoms. The highest BCUT2D eigenvalue weighted by molar-refractivity contribution is 5.79. The number of aryl methyl sites for hydroxylation is 2. The van der Waals surface area contributed by atoms with E-state index in [0.29, 0.717) is 17.8 Å². The summed E-state index contributed by atoms with van der Waals surface area (Å²) in [7, 11) is 0. The van der Waals surface area contributed by atoms with E-state index < -0.39 is 31.1 Å². The topological polar surface area (TPSA) is 140 Å². The van der Waals surface area contributed by atoms with Crippen LogP contribution in [0.5, 0.6) is 0 Å².